The summed E-state index contributed by atoms with van der Waals surface area (Å²) in [5, 5.41) is 9.09. The summed E-state index contributed by atoms with van der Waals surface area (Å²) in [7, 11) is 0. The molecule has 3 aromatic rings. The van der Waals surface area contributed by atoms with Crippen molar-refractivity contribution in [3.8, 4) is 11.5 Å². The van der Waals surface area contributed by atoms with Crippen LogP contribution in [0.4, 0.5) is 4.39 Å². The third kappa shape index (κ3) is 2.08. The Morgan fingerprint density at radius 3 is 2.80 bits per heavy atom. The van der Waals surface area contributed by atoms with Crippen molar-refractivity contribution < 1.29 is 18.7 Å². The molecule has 0 aliphatic carbocycles. The van der Waals surface area contributed by atoms with Crippen LogP contribution < -0.4 is 0 Å². The first-order valence-corrected chi connectivity index (χ1v) is 6.44. The van der Waals surface area contributed by atoms with Gasteiger partial charge in [0.1, 0.15) is 16.9 Å². The third-order valence-electron chi connectivity index (χ3n) is 2.81. The quantitative estimate of drug-likeness (QED) is 0.765. The van der Waals surface area contributed by atoms with Crippen molar-refractivity contribution in [1.29, 1.82) is 0 Å². The highest BCUT2D eigenvalue weighted by molar-refractivity contribution is 9.10. The number of aromatic nitrogens is 1. The monoisotopic (exact) mass is 335 g/mol. The Hall–Kier alpha value is -2.21. The predicted molar refractivity (Wildman–Crippen MR) is 74.1 cm³/mol. The Balaban J connectivity index is 2.23. The zero-order chi connectivity index (χ0) is 14.3. The fraction of sp³-hybridized carbons (Fsp3) is 0. The molecular formula is C14H7BrFNO3. The second-order valence-corrected chi connectivity index (χ2v) is 5.02. The van der Waals surface area contributed by atoms with Crippen LogP contribution in [0.15, 0.2) is 45.3 Å². The molecule has 0 bridgehead atoms. The highest BCUT2D eigenvalue weighted by atomic mass is 79.9. The van der Waals surface area contributed by atoms with E-state index in [4.69, 9.17) is 9.52 Å². The zero-order valence-corrected chi connectivity index (χ0v) is 11.5. The van der Waals surface area contributed by atoms with Gasteiger partial charge in [0.25, 0.3) is 0 Å². The van der Waals surface area contributed by atoms with Crippen molar-refractivity contribution in [2.75, 3.05) is 0 Å². The van der Waals surface area contributed by atoms with E-state index < -0.39 is 11.8 Å². The third-order valence-corrected chi connectivity index (χ3v) is 3.30. The van der Waals surface area contributed by atoms with E-state index >= 15 is 0 Å². The van der Waals surface area contributed by atoms with Gasteiger partial charge < -0.3 is 9.52 Å². The van der Waals surface area contributed by atoms with Gasteiger partial charge in [0.15, 0.2) is 5.58 Å². The molecule has 0 aliphatic rings. The van der Waals surface area contributed by atoms with Gasteiger partial charge in [-0.25, -0.2) is 14.2 Å². The lowest BCUT2D eigenvalue weighted by atomic mass is 10.2. The van der Waals surface area contributed by atoms with Gasteiger partial charge in [0.05, 0.1) is 5.56 Å². The van der Waals surface area contributed by atoms with Gasteiger partial charge in [-0.1, -0.05) is 22.0 Å². The van der Waals surface area contributed by atoms with E-state index in [0.29, 0.717) is 9.99 Å². The van der Waals surface area contributed by atoms with E-state index in [0.717, 1.165) is 0 Å². The molecule has 0 amide bonds. The Morgan fingerprint density at radius 2 is 2.10 bits per heavy atom. The van der Waals surface area contributed by atoms with Gasteiger partial charge in [-0.2, -0.15) is 0 Å². The van der Waals surface area contributed by atoms with Gasteiger partial charge in [-0.15, -0.1) is 0 Å². The summed E-state index contributed by atoms with van der Waals surface area (Å²) in [6, 6.07) is 9.07. The van der Waals surface area contributed by atoms with Gasteiger partial charge in [-0.05, 0) is 30.3 Å². The van der Waals surface area contributed by atoms with Gasteiger partial charge in [0.2, 0.25) is 5.89 Å². The van der Waals surface area contributed by atoms with Crippen molar-refractivity contribution >= 4 is 33.0 Å². The van der Waals surface area contributed by atoms with Gasteiger partial charge >= 0.3 is 5.97 Å². The molecule has 0 unspecified atom stereocenters. The molecule has 0 atom stereocenters. The first-order valence-electron chi connectivity index (χ1n) is 5.64. The molecule has 6 heteroatoms. The van der Waals surface area contributed by atoms with Crippen molar-refractivity contribution in [3.05, 3.63) is 52.3 Å². The Labute approximate surface area is 121 Å². The van der Waals surface area contributed by atoms with E-state index in [-0.39, 0.29) is 22.6 Å². The smallest absolute Gasteiger partial charge is 0.339 e. The predicted octanol–water partition coefficient (Wildman–Crippen LogP) is 4.09. The minimum absolute atomic E-state index is 0.00114. The molecule has 0 aliphatic heterocycles. The first kappa shape index (κ1) is 12.8. The summed E-state index contributed by atoms with van der Waals surface area (Å²) in [5.74, 6) is -1.56. The molecule has 100 valence electrons. The topological polar surface area (TPSA) is 63.3 Å². The number of nitrogens with zero attached hydrogens (tertiary/aromatic N) is 1. The van der Waals surface area contributed by atoms with Crippen LogP contribution in [-0.2, 0) is 0 Å². The first-order chi connectivity index (χ1) is 9.56. The molecule has 2 aromatic carbocycles. The van der Waals surface area contributed by atoms with E-state index in [2.05, 4.69) is 20.9 Å². The second-order valence-electron chi connectivity index (χ2n) is 4.10. The van der Waals surface area contributed by atoms with Crippen LogP contribution in [0.1, 0.15) is 10.4 Å². The van der Waals surface area contributed by atoms with Crippen molar-refractivity contribution in [2.45, 2.75) is 0 Å². The number of carboxylic acid groups (broad SMARTS) is 1. The number of oxazole rings is 1. The average Bonchev–Trinajstić information content (AvgIpc) is 2.81. The molecule has 1 N–H and O–H groups in total. The molecule has 1 heterocycles. The maximum absolute atomic E-state index is 13.9. The largest absolute Gasteiger partial charge is 0.478 e. The normalized spacial score (nSPS) is 10.9. The Morgan fingerprint density at radius 1 is 1.30 bits per heavy atom. The van der Waals surface area contributed by atoms with Crippen LogP contribution in [0.2, 0.25) is 0 Å². The number of hydrogen-bond acceptors (Lipinski definition) is 3. The summed E-state index contributed by atoms with van der Waals surface area (Å²) >= 11 is 3.17. The molecular weight excluding hydrogens is 329 g/mol. The van der Waals surface area contributed by atoms with Crippen molar-refractivity contribution in [3.63, 3.8) is 0 Å². The summed E-state index contributed by atoms with van der Waals surface area (Å²) in [4.78, 5) is 15.2. The summed E-state index contributed by atoms with van der Waals surface area (Å²) in [6.45, 7) is 0. The number of rotatable bonds is 2. The number of carbonyl (C=O) groups is 1. The number of hydrogen-bond donors (Lipinski definition) is 1. The highest BCUT2D eigenvalue weighted by Crippen LogP contribution is 2.29. The van der Waals surface area contributed by atoms with E-state index in [9.17, 15) is 9.18 Å². The number of halogens is 2. The molecule has 3 rings (SSSR count). The Kier molecular flexibility index (Phi) is 3.02. The van der Waals surface area contributed by atoms with E-state index in [1.54, 1.807) is 18.2 Å². The van der Waals surface area contributed by atoms with E-state index in [1.165, 1.54) is 18.2 Å². The average molecular weight is 336 g/mol. The van der Waals surface area contributed by atoms with Crippen molar-refractivity contribution in [1.82, 2.24) is 4.98 Å². The standard InChI is InChI=1S/C14H7BrFNO3/c15-7-4-5-8(10(16)6-7)13-17-11-3-1-2-9(14(18)19)12(11)20-13/h1-6H,(H,18,19). The molecule has 0 spiro atoms. The van der Waals surface area contributed by atoms with Crippen LogP contribution in [-0.4, -0.2) is 16.1 Å². The fourth-order valence-electron chi connectivity index (χ4n) is 1.90. The number of para-hydroxylation sites is 1. The molecule has 1 aromatic heterocycles. The minimum atomic E-state index is -1.12. The van der Waals surface area contributed by atoms with Crippen LogP contribution in [0.5, 0.6) is 0 Å². The lowest BCUT2D eigenvalue weighted by Crippen LogP contribution is -1.95. The van der Waals surface area contributed by atoms with Crippen LogP contribution in [0, 0.1) is 5.82 Å². The molecule has 0 fully saturated rings. The number of carboxylic acids is 1. The van der Waals surface area contributed by atoms with E-state index in [1.807, 2.05) is 0 Å². The van der Waals surface area contributed by atoms with Gasteiger partial charge in [0, 0.05) is 4.47 Å². The summed E-state index contributed by atoms with van der Waals surface area (Å²) < 4.78 is 19.9. The number of fused-ring (bicyclic) bond motifs is 1. The fourth-order valence-corrected chi connectivity index (χ4v) is 2.23. The Bertz CT molecular complexity index is 828. The maximum Gasteiger partial charge on any atom is 0.339 e. The molecule has 0 saturated carbocycles. The molecule has 0 radical (unpaired) electrons. The minimum Gasteiger partial charge on any atom is -0.478 e. The second kappa shape index (κ2) is 4.72. The molecule has 4 nitrogen and oxygen atoms in total. The SMILES string of the molecule is O=C(O)c1cccc2nc(-c3ccc(Br)cc3F)oc12. The van der Waals surface area contributed by atoms with Crippen LogP contribution in [0.3, 0.4) is 0 Å². The number of aromatic carboxylic acids is 1. The highest BCUT2D eigenvalue weighted by Gasteiger charge is 2.17. The summed E-state index contributed by atoms with van der Waals surface area (Å²) in [6.07, 6.45) is 0. The molecule has 20 heavy (non-hydrogen) atoms. The lowest BCUT2D eigenvalue weighted by Gasteiger charge is -1.98. The summed E-state index contributed by atoms with van der Waals surface area (Å²) in [5.41, 5.74) is 0.694. The molecule has 0 saturated heterocycles. The maximum atomic E-state index is 13.9. The number of benzene rings is 2. The lowest BCUT2D eigenvalue weighted by molar-refractivity contribution is 0.0698. The van der Waals surface area contributed by atoms with Crippen molar-refractivity contribution in [2.24, 2.45) is 0 Å². The van der Waals surface area contributed by atoms with Crippen LogP contribution >= 0.6 is 15.9 Å². The van der Waals surface area contributed by atoms with Crippen LogP contribution in [0.25, 0.3) is 22.6 Å². The van der Waals surface area contributed by atoms with Gasteiger partial charge in [-0.3, -0.25) is 0 Å². The zero-order valence-electron chi connectivity index (χ0n) is 9.93.